The molecule has 6 rings (SSSR count). The third kappa shape index (κ3) is 55.1. The number of halogens is 3. The van der Waals surface area contributed by atoms with Crippen LogP contribution in [0.1, 0.15) is 247 Å². The monoisotopic (exact) mass is 1460 g/mol. The van der Waals surface area contributed by atoms with Crippen LogP contribution in [0.15, 0.2) is 48.5 Å². The van der Waals surface area contributed by atoms with Crippen molar-refractivity contribution in [1.29, 1.82) is 0 Å². The molecule has 0 aromatic heterocycles. The molecule has 4 aliphatic heterocycles. The fraction of sp³-hybridized carbons (Fsp3) is 0.759. The number of amides is 1. The van der Waals surface area contributed by atoms with Crippen LogP contribution in [-0.4, -0.2) is 208 Å². The Hall–Kier alpha value is -5.09. The lowest BCUT2D eigenvalue weighted by atomic mass is 10.00. The van der Waals surface area contributed by atoms with Gasteiger partial charge in [-0.25, -0.2) is 0 Å². The van der Waals surface area contributed by atoms with Gasteiger partial charge in [0, 0.05) is 132 Å². The maximum absolute atomic E-state index is 12.4. The molecule has 2 aromatic carbocycles. The third-order valence-electron chi connectivity index (χ3n) is 17.9. The molecule has 17 nitrogen and oxygen atoms in total. The van der Waals surface area contributed by atoms with Crippen molar-refractivity contribution in [1.82, 2.24) is 29.8 Å². The molecule has 4 saturated heterocycles. The van der Waals surface area contributed by atoms with E-state index < -0.39 is 11.7 Å². The maximum Gasteiger partial charge on any atom is 0.416 e. The summed E-state index contributed by atoms with van der Waals surface area (Å²) < 4.78 is 46.8. The van der Waals surface area contributed by atoms with Gasteiger partial charge in [0.2, 0.25) is 0 Å². The van der Waals surface area contributed by atoms with Gasteiger partial charge in [-0.15, -0.1) is 0 Å². The van der Waals surface area contributed by atoms with E-state index in [1.165, 1.54) is 117 Å². The van der Waals surface area contributed by atoms with Crippen molar-refractivity contribution in [3.63, 3.8) is 0 Å². The van der Waals surface area contributed by atoms with Gasteiger partial charge in [-0.3, -0.25) is 43.3 Å². The van der Waals surface area contributed by atoms with Crippen LogP contribution in [0.5, 0.6) is 0 Å². The van der Waals surface area contributed by atoms with Crippen LogP contribution in [0.4, 0.5) is 13.2 Å². The van der Waals surface area contributed by atoms with Gasteiger partial charge < -0.3 is 39.5 Å². The first kappa shape index (κ1) is 100.0. The molecule has 4 fully saturated rings. The smallest absolute Gasteiger partial charge is 0.416 e. The molecule has 0 atom stereocenters. The Bertz CT molecular complexity index is 2580. The molecule has 594 valence electrons. The molecule has 0 radical (unpaired) electrons. The molecule has 1 amide bonds. The van der Waals surface area contributed by atoms with E-state index in [4.69, 9.17) is 9.84 Å². The van der Waals surface area contributed by atoms with Gasteiger partial charge in [-0.1, -0.05) is 139 Å². The molecule has 0 bridgehead atoms. The number of likely N-dealkylation sites (N-methyl/N-ethyl adjacent to an activating group) is 1. The van der Waals surface area contributed by atoms with Gasteiger partial charge in [-0.2, -0.15) is 13.2 Å². The average Bonchev–Trinajstić information content (AvgIpc) is 0.912. The Balaban J connectivity index is 0. The molecule has 4 heterocycles. The van der Waals surface area contributed by atoms with E-state index >= 15 is 0 Å². The first-order valence-corrected chi connectivity index (χ1v) is 39.0. The number of carbonyl (C=O) groups is 8. The first-order chi connectivity index (χ1) is 48.4. The lowest BCUT2D eigenvalue weighted by Crippen LogP contribution is -2.44. The highest BCUT2D eigenvalue weighted by molar-refractivity contribution is 5.94. The number of nitrogens with one attached hydrogen (secondary N) is 1. The summed E-state index contributed by atoms with van der Waals surface area (Å²) in [5.74, 6) is 2.50. The van der Waals surface area contributed by atoms with Crippen molar-refractivity contribution in [2.24, 2.45) is 41.4 Å². The van der Waals surface area contributed by atoms with Gasteiger partial charge in [-0.05, 0) is 175 Å². The minimum absolute atomic E-state index is 0.00120. The number of Topliss-reactive ketones (excluding diaryl/α,β-unsaturated/α-hetero) is 6. The second-order valence-electron chi connectivity index (χ2n) is 30.3. The molecule has 20 heteroatoms. The number of unbranched alkanes of at least 4 members (excludes halogenated alkanes) is 2. The number of morpholine rings is 1. The Morgan fingerprint density at radius 3 is 1.21 bits per heavy atom. The number of hydrogen-bond donors (Lipinski definition) is 2. The molecule has 4 aliphatic rings. The third-order valence-corrected chi connectivity index (χ3v) is 17.9. The zero-order valence-electron chi connectivity index (χ0n) is 67.9. The Kier molecular flexibility index (Phi) is 58.2. The van der Waals surface area contributed by atoms with Crippen molar-refractivity contribution < 1.29 is 66.1 Å². The lowest BCUT2D eigenvalue weighted by molar-refractivity contribution is -0.144. The van der Waals surface area contributed by atoms with E-state index in [2.05, 4.69) is 41.6 Å². The van der Waals surface area contributed by atoms with E-state index in [0.717, 1.165) is 127 Å². The standard InChI is InChI=1S/C13H26N2O.C12H13F3O.C12H23NO2.C12H23NO.C11H15NO.C11H21NO.C7H14O2.C5H10O2/c1-12(2)13(16)6-4-5-7-15-10-8-14(3)9-11-15;1-8(2)11(16)7-9-4-3-5-10(6-9)12(13,14)15;1-11(2)12(14)5-3-4-6-13-7-9-15-10-8-13;1-11(2)12(14)7-6-10-13-8-4-3-5-9-13;1-8(2)12-11(13)10-6-4-5-9(3)7-10;1-10(2)11(13)6-5-9-12-7-3-4-8-12;1-6(2)7(9)4-3-5-8;1-4(2)5(6)7-3/h12H,4-11H2,1-3H3;3-6,8H,7H2,1-2H3;11H,3-10H2,1-2H3;11H,3-10H2,1-2H3;4-8H,1-3H3,(H,12,13);10H,3-9H2,1-2H3;6,8H,3-5H2,1-2H3;4H,1-3H3. The van der Waals surface area contributed by atoms with Crippen molar-refractivity contribution in [2.45, 2.75) is 245 Å². The summed E-state index contributed by atoms with van der Waals surface area (Å²) in [4.78, 5) is 102. The fourth-order valence-electron chi connectivity index (χ4n) is 10.6. The number of ketones is 6. The van der Waals surface area contributed by atoms with E-state index in [-0.39, 0.29) is 83.9 Å². The van der Waals surface area contributed by atoms with Crippen molar-refractivity contribution >= 4 is 46.6 Å². The van der Waals surface area contributed by atoms with E-state index in [1.54, 1.807) is 27.7 Å². The first-order valence-electron chi connectivity index (χ1n) is 39.0. The number of piperazine rings is 1. The fourth-order valence-corrected chi connectivity index (χ4v) is 10.6. The number of methoxy groups -OCH3 is 1. The number of aliphatic hydroxyl groups is 1. The number of esters is 1. The van der Waals surface area contributed by atoms with Crippen molar-refractivity contribution in [2.75, 3.05) is 126 Å². The molecular formula is C83H145F3N6O11. The summed E-state index contributed by atoms with van der Waals surface area (Å²) in [6, 6.07) is 12.7. The Morgan fingerprint density at radius 1 is 0.466 bits per heavy atom. The number of nitrogens with zero attached hydrogens (tertiary/aromatic N) is 5. The zero-order chi connectivity index (χ0) is 78.5. The highest BCUT2D eigenvalue weighted by atomic mass is 19.4. The second-order valence-corrected chi connectivity index (χ2v) is 30.3. The quantitative estimate of drug-likeness (QED) is 0.0516. The van der Waals surface area contributed by atoms with E-state index in [9.17, 15) is 51.5 Å². The van der Waals surface area contributed by atoms with Gasteiger partial charge >= 0.3 is 12.1 Å². The largest absolute Gasteiger partial charge is 0.469 e. The van der Waals surface area contributed by atoms with Gasteiger partial charge in [0.15, 0.2) is 0 Å². The molecular weight excluding hydrogens is 1310 g/mol. The summed E-state index contributed by atoms with van der Waals surface area (Å²) in [6.45, 7) is 50.8. The normalized spacial score (nSPS) is 15.2. The maximum atomic E-state index is 12.4. The van der Waals surface area contributed by atoms with Crippen LogP contribution in [0.3, 0.4) is 0 Å². The van der Waals surface area contributed by atoms with Crippen LogP contribution in [0.25, 0.3) is 0 Å². The number of benzene rings is 2. The number of aliphatic hydroxyl groups excluding tert-OH is 1. The van der Waals surface area contributed by atoms with Crippen LogP contribution in [0, 0.1) is 48.3 Å². The summed E-state index contributed by atoms with van der Waals surface area (Å²) >= 11 is 0. The highest BCUT2D eigenvalue weighted by Crippen LogP contribution is 2.30. The number of hydrogen-bond acceptors (Lipinski definition) is 16. The van der Waals surface area contributed by atoms with Crippen LogP contribution < -0.4 is 5.32 Å². The molecule has 0 spiro atoms. The number of rotatable bonds is 32. The molecule has 0 aliphatic carbocycles. The minimum atomic E-state index is -4.35. The van der Waals surface area contributed by atoms with Crippen molar-refractivity contribution in [3.05, 3.63) is 70.8 Å². The van der Waals surface area contributed by atoms with Crippen LogP contribution in [0.2, 0.25) is 0 Å². The predicted molar refractivity (Wildman–Crippen MR) is 415 cm³/mol. The molecule has 0 saturated carbocycles. The summed E-state index contributed by atoms with van der Waals surface area (Å²) in [6.07, 6.45) is 13.2. The number of alkyl halides is 3. The highest BCUT2D eigenvalue weighted by Gasteiger charge is 2.30. The number of aryl methyl sites for hydroxylation is 1. The summed E-state index contributed by atoms with van der Waals surface area (Å²) in [7, 11) is 3.57. The average molecular weight is 1460 g/mol. The van der Waals surface area contributed by atoms with Gasteiger partial charge in [0.1, 0.15) is 34.7 Å². The molecule has 2 N–H and O–H groups in total. The number of likely N-dealkylation sites (tertiary alicyclic amines) is 2. The Labute approximate surface area is 623 Å². The topological polar surface area (TPSA) is 203 Å². The molecule has 2 aromatic rings. The van der Waals surface area contributed by atoms with E-state index in [0.29, 0.717) is 41.5 Å². The second kappa shape index (κ2) is 60.0. The van der Waals surface area contributed by atoms with Gasteiger partial charge in [0.25, 0.3) is 5.91 Å². The minimum Gasteiger partial charge on any atom is -0.469 e. The number of piperidine rings is 1. The van der Waals surface area contributed by atoms with Gasteiger partial charge in [0.05, 0.1) is 31.8 Å². The van der Waals surface area contributed by atoms with Crippen LogP contribution >= 0.6 is 0 Å². The summed E-state index contributed by atoms with van der Waals surface area (Å²) in [5.41, 5.74) is 1.54. The number of ether oxygens (including phenoxy) is 2. The Morgan fingerprint density at radius 2 is 0.845 bits per heavy atom. The predicted octanol–water partition coefficient (Wildman–Crippen LogP) is 15.3. The SMILES string of the molecule is CC(C)C(=O)CCCCN1CCN(C)CC1.CC(C)C(=O)CCCCN1CCOCC1.CC(C)C(=O)CCCN1CCCC1.CC(C)C(=O)CCCN1CCCCC1.CC(C)C(=O)CCCO.CC(C)C(=O)Cc1cccc(C(F)(F)F)c1.COC(=O)C(C)C.Cc1cccc(C(=O)NC(C)C)c1. The van der Waals surface area contributed by atoms with E-state index in [1.807, 2.05) is 114 Å². The lowest BCUT2D eigenvalue weighted by Gasteiger charge is -2.32. The van der Waals surface area contributed by atoms with Crippen LogP contribution in [-0.2, 0) is 55.6 Å². The van der Waals surface area contributed by atoms with Crippen molar-refractivity contribution in [3.8, 4) is 0 Å². The molecule has 0 unspecified atom stereocenters. The number of carbonyl (C=O) groups excluding carboxylic acids is 8. The summed E-state index contributed by atoms with van der Waals surface area (Å²) in [5, 5.41) is 11.2. The molecule has 103 heavy (non-hydrogen) atoms. The zero-order valence-corrected chi connectivity index (χ0v) is 67.9.